The van der Waals surface area contributed by atoms with E-state index in [9.17, 15) is 9.59 Å². The van der Waals surface area contributed by atoms with Crippen LogP contribution < -0.4 is 5.73 Å². The number of hydrogen-bond donors (Lipinski definition) is 2. The second-order valence-electron chi connectivity index (χ2n) is 5.43. The van der Waals surface area contributed by atoms with Crippen LogP contribution in [-0.4, -0.2) is 33.5 Å². The number of fused-ring (bicyclic) bond motifs is 1. The van der Waals surface area contributed by atoms with E-state index >= 15 is 0 Å². The number of carbonyl (C=O) groups is 2. The highest BCUT2D eigenvalue weighted by atomic mass is 32.1. The first-order valence-electron chi connectivity index (χ1n) is 7.33. The van der Waals surface area contributed by atoms with E-state index in [2.05, 4.69) is 17.1 Å². The van der Waals surface area contributed by atoms with Gasteiger partial charge in [-0.2, -0.15) is 5.10 Å². The van der Waals surface area contributed by atoms with Gasteiger partial charge in [0.15, 0.2) is 0 Å². The van der Waals surface area contributed by atoms with Gasteiger partial charge in [-0.15, -0.1) is 11.3 Å². The first-order valence-corrected chi connectivity index (χ1v) is 8.15. The van der Waals surface area contributed by atoms with Gasteiger partial charge in [0.25, 0.3) is 11.8 Å². The normalized spacial score (nSPS) is 14.0. The summed E-state index contributed by atoms with van der Waals surface area (Å²) in [5.41, 5.74) is 7.77. The molecule has 0 radical (unpaired) electrons. The van der Waals surface area contributed by atoms with Crippen molar-refractivity contribution in [3.63, 3.8) is 0 Å². The Morgan fingerprint density at radius 3 is 3.00 bits per heavy atom. The van der Waals surface area contributed by atoms with Gasteiger partial charge in [0, 0.05) is 23.7 Å². The van der Waals surface area contributed by atoms with Gasteiger partial charge in [-0.05, 0) is 30.5 Å². The largest absolute Gasteiger partial charge is 0.365 e. The molecule has 0 atom stereocenters. The zero-order chi connectivity index (χ0) is 15.7. The van der Waals surface area contributed by atoms with Crippen molar-refractivity contribution in [1.29, 1.82) is 0 Å². The summed E-state index contributed by atoms with van der Waals surface area (Å²) in [5, 5.41) is 7.02. The number of aryl methyl sites for hydroxylation is 1. The summed E-state index contributed by atoms with van der Waals surface area (Å²) in [7, 11) is 0. The molecule has 3 N–H and O–H groups in total. The lowest BCUT2D eigenvalue weighted by atomic mass is 10.1. The molecule has 0 saturated carbocycles. The van der Waals surface area contributed by atoms with Crippen molar-refractivity contribution >= 4 is 23.2 Å². The Balaban J connectivity index is 1.75. The van der Waals surface area contributed by atoms with Gasteiger partial charge in [-0.1, -0.05) is 13.3 Å². The first kappa shape index (κ1) is 14.8. The molecule has 0 aromatic carbocycles. The zero-order valence-electron chi connectivity index (χ0n) is 12.4. The molecule has 1 aliphatic rings. The Morgan fingerprint density at radius 2 is 2.27 bits per heavy atom. The molecule has 0 unspecified atom stereocenters. The van der Waals surface area contributed by atoms with Crippen LogP contribution in [0.25, 0.3) is 0 Å². The van der Waals surface area contributed by atoms with E-state index in [1.54, 1.807) is 11.0 Å². The number of H-pyrrole nitrogens is 1. The first-order chi connectivity index (χ1) is 10.6. The van der Waals surface area contributed by atoms with E-state index in [1.807, 2.05) is 6.07 Å². The monoisotopic (exact) mass is 318 g/mol. The van der Waals surface area contributed by atoms with Crippen molar-refractivity contribution in [3.05, 3.63) is 38.8 Å². The molecule has 0 spiro atoms. The highest BCUT2D eigenvalue weighted by Crippen LogP contribution is 2.28. The second kappa shape index (κ2) is 5.92. The number of nitrogens with zero attached hydrogens (tertiary/aromatic N) is 2. The molecule has 116 valence electrons. The minimum Gasteiger partial charge on any atom is -0.365 e. The van der Waals surface area contributed by atoms with Crippen LogP contribution in [0.5, 0.6) is 0 Å². The topological polar surface area (TPSA) is 92.1 Å². The lowest BCUT2D eigenvalue weighted by Crippen LogP contribution is -2.35. The number of thiophene rings is 1. The fourth-order valence-electron chi connectivity index (χ4n) is 2.66. The number of rotatable bonds is 4. The number of nitrogens with two attached hydrogens (primary N) is 1. The predicted octanol–water partition coefficient (Wildman–Crippen LogP) is 1.72. The van der Waals surface area contributed by atoms with Crippen molar-refractivity contribution in [2.75, 3.05) is 6.54 Å². The molecule has 22 heavy (non-hydrogen) atoms. The van der Waals surface area contributed by atoms with Gasteiger partial charge in [-0.3, -0.25) is 14.7 Å². The Morgan fingerprint density at radius 1 is 1.45 bits per heavy atom. The highest BCUT2D eigenvalue weighted by Gasteiger charge is 2.25. The summed E-state index contributed by atoms with van der Waals surface area (Å²) < 4.78 is 0. The Hall–Kier alpha value is -2.15. The van der Waals surface area contributed by atoms with Crippen molar-refractivity contribution in [3.8, 4) is 0 Å². The Bertz CT molecular complexity index is 719. The summed E-state index contributed by atoms with van der Waals surface area (Å²) in [4.78, 5) is 27.3. The lowest BCUT2D eigenvalue weighted by molar-refractivity contribution is 0.0730. The summed E-state index contributed by atoms with van der Waals surface area (Å²) in [5.74, 6) is -0.482. The minimum absolute atomic E-state index is 0.0731. The smallest absolute Gasteiger partial charge is 0.274 e. The number of amides is 2. The van der Waals surface area contributed by atoms with E-state index in [4.69, 9.17) is 5.73 Å². The number of nitrogens with one attached hydrogen (secondary N) is 1. The number of primary amides is 1. The van der Waals surface area contributed by atoms with Gasteiger partial charge in [-0.25, -0.2) is 0 Å². The van der Waals surface area contributed by atoms with Crippen LogP contribution in [0.2, 0.25) is 0 Å². The zero-order valence-corrected chi connectivity index (χ0v) is 13.2. The van der Waals surface area contributed by atoms with Crippen molar-refractivity contribution in [2.45, 2.75) is 32.7 Å². The van der Waals surface area contributed by atoms with Crippen molar-refractivity contribution in [2.24, 2.45) is 5.73 Å². The van der Waals surface area contributed by atoms with Crippen molar-refractivity contribution in [1.82, 2.24) is 15.1 Å². The maximum absolute atomic E-state index is 12.5. The summed E-state index contributed by atoms with van der Waals surface area (Å²) in [6.45, 7) is 3.23. The lowest BCUT2D eigenvalue weighted by Gasteiger charge is -2.26. The van der Waals surface area contributed by atoms with E-state index in [0.29, 0.717) is 23.7 Å². The van der Waals surface area contributed by atoms with Crippen LogP contribution >= 0.6 is 11.3 Å². The molecule has 0 saturated heterocycles. The fraction of sp³-hybridized carbons (Fsp3) is 0.400. The quantitative estimate of drug-likeness (QED) is 0.899. The SMILES string of the molecule is CCCc1cc(C(=O)N2CCc3sc(C(N)=O)cc3C2)n[nH]1. The number of hydrogen-bond acceptors (Lipinski definition) is 4. The van der Waals surface area contributed by atoms with Crippen LogP contribution in [0.3, 0.4) is 0 Å². The number of aromatic amines is 1. The minimum atomic E-state index is -0.409. The highest BCUT2D eigenvalue weighted by molar-refractivity contribution is 7.14. The van der Waals surface area contributed by atoms with E-state index < -0.39 is 5.91 Å². The van der Waals surface area contributed by atoms with Gasteiger partial charge < -0.3 is 10.6 Å². The third-order valence-corrected chi connectivity index (χ3v) is 5.02. The predicted molar refractivity (Wildman–Crippen MR) is 83.9 cm³/mol. The average Bonchev–Trinajstić information content (AvgIpc) is 3.12. The summed E-state index contributed by atoms with van der Waals surface area (Å²) in [6, 6.07) is 3.62. The molecule has 0 aliphatic carbocycles. The third-order valence-electron chi connectivity index (χ3n) is 3.77. The van der Waals surface area contributed by atoms with Crippen LogP contribution in [0.1, 0.15) is 49.6 Å². The van der Waals surface area contributed by atoms with Crippen LogP contribution in [0.4, 0.5) is 0 Å². The molecule has 7 heteroatoms. The molecular weight excluding hydrogens is 300 g/mol. The van der Waals surface area contributed by atoms with E-state index in [0.717, 1.165) is 35.4 Å². The number of aromatic nitrogens is 2. The molecule has 0 bridgehead atoms. The second-order valence-corrected chi connectivity index (χ2v) is 6.57. The van der Waals surface area contributed by atoms with Gasteiger partial charge >= 0.3 is 0 Å². The van der Waals surface area contributed by atoms with Crippen molar-refractivity contribution < 1.29 is 9.59 Å². The molecule has 2 aromatic rings. The van der Waals surface area contributed by atoms with Gasteiger partial charge in [0.1, 0.15) is 5.69 Å². The van der Waals surface area contributed by atoms with E-state index in [-0.39, 0.29) is 5.91 Å². The molecular formula is C15H18N4O2S. The molecule has 2 amide bonds. The van der Waals surface area contributed by atoms with E-state index in [1.165, 1.54) is 11.3 Å². The maximum atomic E-state index is 12.5. The van der Waals surface area contributed by atoms with Crippen LogP contribution in [-0.2, 0) is 19.4 Å². The molecule has 3 rings (SSSR count). The molecule has 1 aliphatic heterocycles. The Labute approximate surface area is 132 Å². The Kier molecular flexibility index (Phi) is 3.98. The fourth-order valence-corrected chi connectivity index (χ4v) is 3.67. The summed E-state index contributed by atoms with van der Waals surface area (Å²) >= 11 is 1.43. The molecule has 6 nitrogen and oxygen atoms in total. The number of carbonyl (C=O) groups excluding carboxylic acids is 2. The van der Waals surface area contributed by atoms with Crippen LogP contribution in [0.15, 0.2) is 12.1 Å². The maximum Gasteiger partial charge on any atom is 0.274 e. The molecule has 0 fully saturated rings. The molecule has 3 heterocycles. The van der Waals surface area contributed by atoms with Gasteiger partial charge in [0.05, 0.1) is 4.88 Å². The summed E-state index contributed by atoms with van der Waals surface area (Å²) in [6.07, 6.45) is 2.65. The third kappa shape index (κ3) is 2.76. The van der Waals surface area contributed by atoms with Gasteiger partial charge in [0.2, 0.25) is 0 Å². The molecule has 2 aromatic heterocycles. The average molecular weight is 318 g/mol. The standard InChI is InChI=1S/C15H18N4O2S/c1-2-3-10-7-11(18-17-10)15(21)19-5-4-12-9(8-19)6-13(22-12)14(16)20/h6-7H,2-5,8H2,1H3,(H2,16,20)(H,17,18). The van der Waals surface area contributed by atoms with Crippen LogP contribution in [0, 0.1) is 0 Å².